The lowest BCUT2D eigenvalue weighted by molar-refractivity contribution is -0.538. The Balaban J connectivity index is 2.08. The van der Waals surface area contributed by atoms with Gasteiger partial charge in [0, 0.05) is 22.6 Å². The molecule has 3 nitrogen and oxygen atoms in total. The average Bonchev–Trinajstić information content (AvgIpc) is 2.16. The average molecular weight is 218 g/mol. The van der Waals surface area contributed by atoms with Crippen molar-refractivity contribution in [1.29, 1.82) is 0 Å². The van der Waals surface area contributed by atoms with Crippen molar-refractivity contribution >= 4 is 11.6 Å². The third kappa shape index (κ3) is 1.88. The number of nitrogens with zero attached hydrogens (tertiary/aromatic N) is 1. The molecule has 80 valence electrons. The second-order valence-electron chi connectivity index (χ2n) is 4.62. The molecule has 0 saturated heterocycles. The van der Waals surface area contributed by atoms with Crippen molar-refractivity contribution in [1.82, 2.24) is 0 Å². The van der Waals surface area contributed by atoms with Crippen molar-refractivity contribution in [3.8, 4) is 0 Å². The molecule has 0 N–H and O–H groups in total. The lowest BCUT2D eigenvalue weighted by atomic mass is 9.68. The van der Waals surface area contributed by atoms with E-state index >= 15 is 0 Å². The predicted octanol–water partition coefficient (Wildman–Crippen LogP) is 2.84. The first-order valence-electron chi connectivity index (χ1n) is 5.46. The normalized spacial score (nSPS) is 42.9. The van der Waals surface area contributed by atoms with Crippen LogP contribution in [0.1, 0.15) is 38.5 Å². The Morgan fingerprint density at radius 3 is 2.71 bits per heavy atom. The third-order valence-corrected chi connectivity index (χ3v) is 4.22. The lowest BCUT2D eigenvalue weighted by Gasteiger charge is -2.38. The van der Waals surface area contributed by atoms with Gasteiger partial charge in [0.25, 0.3) is 0 Å². The molecular weight excluding hydrogens is 202 g/mol. The molecule has 2 saturated carbocycles. The molecule has 0 bridgehead atoms. The summed E-state index contributed by atoms with van der Waals surface area (Å²) in [5.74, 6) is 0.837. The van der Waals surface area contributed by atoms with Crippen LogP contribution >= 0.6 is 11.6 Å². The Hall–Kier alpha value is -0.310. The van der Waals surface area contributed by atoms with Crippen LogP contribution in [0.25, 0.3) is 0 Å². The Morgan fingerprint density at radius 1 is 1.21 bits per heavy atom. The van der Waals surface area contributed by atoms with Crippen LogP contribution in [-0.2, 0) is 0 Å². The maximum absolute atomic E-state index is 10.9. The summed E-state index contributed by atoms with van der Waals surface area (Å²) >= 11 is 6.08. The highest BCUT2D eigenvalue weighted by Crippen LogP contribution is 2.42. The van der Waals surface area contributed by atoms with Crippen molar-refractivity contribution in [3.63, 3.8) is 0 Å². The number of hydrogen-bond donors (Lipinski definition) is 0. The largest absolute Gasteiger partial charge is 0.264 e. The number of nitro groups is 1. The van der Waals surface area contributed by atoms with E-state index in [0.717, 1.165) is 32.1 Å². The van der Waals surface area contributed by atoms with Gasteiger partial charge in [-0.3, -0.25) is 10.1 Å². The van der Waals surface area contributed by atoms with Crippen molar-refractivity contribution in [3.05, 3.63) is 10.1 Å². The minimum atomic E-state index is -0.310. The summed E-state index contributed by atoms with van der Waals surface area (Å²) in [5, 5.41) is 11.1. The maximum Gasteiger partial charge on any atom is 0.216 e. The SMILES string of the molecule is O=[N+]([O-])C1CCCC2CCC(Cl)CC21. The van der Waals surface area contributed by atoms with Crippen molar-refractivity contribution in [2.24, 2.45) is 11.8 Å². The fourth-order valence-corrected chi connectivity index (χ4v) is 3.44. The minimum Gasteiger partial charge on any atom is -0.264 e. The zero-order valence-electron chi connectivity index (χ0n) is 8.19. The van der Waals surface area contributed by atoms with Crippen LogP contribution in [0.15, 0.2) is 0 Å². The topological polar surface area (TPSA) is 43.1 Å². The number of alkyl halides is 1. The minimum absolute atomic E-state index is 0.0776. The monoisotopic (exact) mass is 217 g/mol. The van der Waals surface area contributed by atoms with Crippen LogP contribution in [0.5, 0.6) is 0 Å². The molecule has 14 heavy (non-hydrogen) atoms. The molecule has 0 amide bonds. The van der Waals surface area contributed by atoms with E-state index < -0.39 is 0 Å². The summed E-state index contributed by atoms with van der Waals surface area (Å²) in [6.07, 6.45) is 5.98. The van der Waals surface area contributed by atoms with E-state index in [1.807, 2.05) is 0 Å². The molecule has 2 aliphatic carbocycles. The smallest absolute Gasteiger partial charge is 0.216 e. The Kier molecular flexibility index (Phi) is 2.96. The highest BCUT2D eigenvalue weighted by molar-refractivity contribution is 6.20. The molecule has 4 heteroatoms. The van der Waals surface area contributed by atoms with Gasteiger partial charge in [0.05, 0.1) is 0 Å². The number of fused-ring (bicyclic) bond motifs is 1. The van der Waals surface area contributed by atoms with E-state index in [4.69, 9.17) is 11.6 Å². The second kappa shape index (κ2) is 4.05. The molecule has 0 radical (unpaired) electrons. The first-order chi connectivity index (χ1) is 6.68. The van der Waals surface area contributed by atoms with E-state index in [-0.39, 0.29) is 22.3 Å². The summed E-state index contributed by atoms with van der Waals surface area (Å²) in [6, 6.07) is -0.310. The van der Waals surface area contributed by atoms with Gasteiger partial charge in [-0.2, -0.15) is 0 Å². The van der Waals surface area contributed by atoms with Gasteiger partial charge < -0.3 is 0 Å². The first kappa shape index (κ1) is 10.2. The van der Waals surface area contributed by atoms with E-state index in [2.05, 4.69) is 0 Å². The van der Waals surface area contributed by atoms with E-state index in [1.54, 1.807) is 0 Å². The first-order valence-corrected chi connectivity index (χ1v) is 5.89. The Morgan fingerprint density at radius 2 is 2.00 bits per heavy atom. The summed E-state index contributed by atoms with van der Waals surface area (Å²) in [6.45, 7) is 0. The standard InChI is InChI=1S/C10H16ClNO2/c11-8-5-4-7-2-1-3-10(12(13)14)9(7)6-8/h7-10H,1-6H2. The Labute approximate surface area is 89.0 Å². The van der Waals surface area contributed by atoms with Gasteiger partial charge in [0.15, 0.2) is 0 Å². The molecule has 0 aliphatic heterocycles. The van der Waals surface area contributed by atoms with E-state index in [1.165, 1.54) is 6.42 Å². The molecule has 2 fully saturated rings. The number of rotatable bonds is 1. The summed E-state index contributed by atoms with van der Waals surface area (Å²) in [4.78, 5) is 10.8. The predicted molar refractivity (Wildman–Crippen MR) is 55.1 cm³/mol. The number of hydrogen-bond acceptors (Lipinski definition) is 2. The highest BCUT2D eigenvalue weighted by Gasteiger charge is 2.43. The van der Waals surface area contributed by atoms with Gasteiger partial charge >= 0.3 is 0 Å². The fourth-order valence-electron chi connectivity index (χ4n) is 3.11. The fraction of sp³-hybridized carbons (Fsp3) is 1.00. The summed E-state index contributed by atoms with van der Waals surface area (Å²) in [7, 11) is 0. The quantitative estimate of drug-likeness (QED) is 0.385. The molecular formula is C10H16ClNO2. The van der Waals surface area contributed by atoms with E-state index in [0.29, 0.717) is 5.92 Å². The van der Waals surface area contributed by atoms with Gasteiger partial charge in [-0.15, -0.1) is 11.6 Å². The van der Waals surface area contributed by atoms with Gasteiger partial charge in [-0.25, -0.2) is 0 Å². The molecule has 0 aromatic rings. The molecule has 2 aliphatic rings. The van der Waals surface area contributed by atoms with Crippen LogP contribution in [0.4, 0.5) is 0 Å². The maximum atomic E-state index is 10.9. The third-order valence-electron chi connectivity index (χ3n) is 3.82. The summed E-state index contributed by atoms with van der Waals surface area (Å²) in [5.41, 5.74) is 0. The molecule has 4 atom stereocenters. The van der Waals surface area contributed by atoms with Crippen LogP contribution in [0, 0.1) is 22.0 Å². The van der Waals surface area contributed by atoms with Crippen molar-refractivity contribution in [2.45, 2.75) is 49.9 Å². The lowest BCUT2D eigenvalue weighted by Crippen LogP contribution is -2.41. The van der Waals surface area contributed by atoms with Crippen LogP contribution in [-0.4, -0.2) is 16.3 Å². The van der Waals surface area contributed by atoms with Gasteiger partial charge in [0.1, 0.15) is 0 Å². The zero-order valence-corrected chi connectivity index (χ0v) is 8.95. The highest BCUT2D eigenvalue weighted by atomic mass is 35.5. The second-order valence-corrected chi connectivity index (χ2v) is 5.24. The summed E-state index contributed by atoms with van der Waals surface area (Å²) < 4.78 is 0. The van der Waals surface area contributed by atoms with E-state index in [9.17, 15) is 10.1 Å². The molecule has 2 rings (SSSR count). The van der Waals surface area contributed by atoms with Gasteiger partial charge in [0.2, 0.25) is 6.04 Å². The molecule has 0 spiro atoms. The zero-order chi connectivity index (χ0) is 10.1. The van der Waals surface area contributed by atoms with Crippen molar-refractivity contribution < 1.29 is 4.92 Å². The van der Waals surface area contributed by atoms with Crippen LogP contribution < -0.4 is 0 Å². The number of halogens is 1. The van der Waals surface area contributed by atoms with Gasteiger partial charge in [-0.05, 0) is 38.0 Å². The molecule has 4 unspecified atom stereocenters. The van der Waals surface area contributed by atoms with Crippen molar-refractivity contribution in [2.75, 3.05) is 0 Å². The molecule has 0 heterocycles. The van der Waals surface area contributed by atoms with Gasteiger partial charge in [-0.1, -0.05) is 0 Å². The van der Waals surface area contributed by atoms with Crippen LogP contribution in [0.3, 0.4) is 0 Å². The van der Waals surface area contributed by atoms with Crippen LogP contribution in [0.2, 0.25) is 0 Å². The molecule has 0 aromatic carbocycles. The Bertz CT molecular complexity index is 234. The molecule has 0 aromatic heterocycles.